The predicted molar refractivity (Wildman–Crippen MR) is 92.8 cm³/mol. The molecule has 2 aromatic rings. The Morgan fingerprint density at radius 2 is 2.21 bits per heavy atom. The maximum absolute atomic E-state index is 12.5. The first kappa shape index (κ1) is 16.7. The van der Waals surface area contributed by atoms with Crippen molar-refractivity contribution in [3.63, 3.8) is 0 Å². The molecule has 0 radical (unpaired) electrons. The summed E-state index contributed by atoms with van der Waals surface area (Å²) in [6, 6.07) is 2.07. The van der Waals surface area contributed by atoms with Gasteiger partial charge in [0, 0.05) is 43.4 Å². The van der Waals surface area contributed by atoms with E-state index in [0.29, 0.717) is 12.3 Å². The van der Waals surface area contributed by atoms with Crippen molar-refractivity contribution in [3.8, 4) is 0 Å². The molecule has 6 nitrogen and oxygen atoms in total. The first-order valence-electron chi connectivity index (χ1n) is 8.83. The summed E-state index contributed by atoms with van der Waals surface area (Å²) in [6.45, 7) is 8.63. The molecule has 0 bridgehead atoms. The predicted octanol–water partition coefficient (Wildman–Crippen LogP) is 2.72. The quantitative estimate of drug-likeness (QED) is 0.917. The Morgan fingerprint density at radius 3 is 2.88 bits per heavy atom. The number of hydrogen-bond donors (Lipinski definition) is 1. The average Bonchev–Trinajstić information content (AvgIpc) is 3.12. The van der Waals surface area contributed by atoms with E-state index < -0.39 is 0 Å². The van der Waals surface area contributed by atoms with Crippen LogP contribution in [0.5, 0.6) is 0 Å². The minimum absolute atomic E-state index is 0.262. The van der Waals surface area contributed by atoms with E-state index in [0.717, 1.165) is 50.3 Å². The van der Waals surface area contributed by atoms with Crippen molar-refractivity contribution in [2.75, 3.05) is 13.1 Å². The molecule has 1 N–H and O–H groups in total. The Balaban J connectivity index is 1.51. The summed E-state index contributed by atoms with van der Waals surface area (Å²) >= 11 is 0. The molecular formula is C18H27N5O. The number of nitrogens with one attached hydrogen (secondary N) is 1. The van der Waals surface area contributed by atoms with Crippen molar-refractivity contribution < 1.29 is 4.79 Å². The summed E-state index contributed by atoms with van der Waals surface area (Å²) in [5.41, 5.74) is 4.58. The van der Waals surface area contributed by atoms with E-state index in [2.05, 4.69) is 35.2 Å². The van der Waals surface area contributed by atoms with E-state index in [-0.39, 0.29) is 5.91 Å². The van der Waals surface area contributed by atoms with Gasteiger partial charge in [-0.25, -0.2) is 0 Å². The van der Waals surface area contributed by atoms with Crippen LogP contribution in [0.4, 0.5) is 0 Å². The van der Waals surface area contributed by atoms with Gasteiger partial charge in [-0.3, -0.25) is 14.6 Å². The smallest absolute Gasteiger partial charge is 0.222 e. The van der Waals surface area contributed by atoms with Crippen LogP contribution in [0.3, 0.4) is 0 Å². The normalized spacial score (nSPS) is 18.1. The molecule has 0 saturated carbocycles. The molecule has 130 valence electrons. The fraction of sp³-hybridized carbons (Fsp3) is 0.611. The van der Waals surface area contributed by atoms with Crippen LogP contribution in [0.25, 0.3) is 0 Å². The molecule has 1 atom stereocenters. The molecule has 1 fully saturated rings. The molecule has 6 heteroatoms. The van der Waals surface area contributed by atoms with Gasteiger partial charge in [-0.1, -0.05) is 0 Å². The maximum Gasteiger partial charge on any atom is 0.222 e. The van der Waals surface area contributed by atoms with Crippen molar-refractivity contribution in [1.29, 1.82) is 0 Å². The molecule has 1 amide bonds. The van der Waals surface area contributed by atoms with Gasteiger partial charge in [0.25, 0.3) is 0 Å². The van der Waals surface area contributed by atoms with Gasteiger partial charge < -0.3 is 4.90 Å². The fourth-order valence-electron chi connectivity index (χ4n) is 3.65. The summed E-state index contributed by atoms with van der Waals surface area (Å²) in [5, 5.41) is 11.7. The van der Waals surface area contributed by atoms with Crippen LogP contribution in [0.1, 0.15) is 54.2 Å². The molecule has 3 rings (SSSR count). The van der Waals surface area contributed by atoms with Gasteiger partial charge in [-0.05, 0) is 51.7 Å². The van der Waals surface area contributed by atoms with Crippen molar-refractivity contribution in [3.05, 3.63) is 34.9 Å². The number of aromatic amines is 1. The third-order valence-corrected chi connectivity index (χ3v) is 4.91. The lowest BCUT2D eigenvalue weighted by molar-refractivity contribution is -0.132. The highest BCUT2D eigenvalue weighted by molar-refractivity contribution is 5.76. The van der Waals surface area contributed by atoms with E-state index >= 15 is 0 Å². The van der Waals surface area contributed by atoms with Crippen molar-refractivity contribution in [1.82, 2.24) is 24.9 Å². The van der Waals surface area contributed by atoms with Crippen molar-refractivity contribution >= 4 is 5.91 Å². The third kappa shape index (κ3) is 3.68. The lowest BCUT2D eigenvalue weighted by Crippen LogP contribution is -2.39. The first-order chi connectivity index (χ1) is 11.5. The molecule has 1 saturated heterocycles. The summed E-state index contributed by atoms with van der Waals surface area (Å²) in [5.74, 6) is 0.652. The van der Waals surface area contributed by atoms with Gasteiger partial charge >= 0.3 is 0 Å². The number of aromatic nitrogens is 4. The number of piperidine rings is 1. The number of aryl methyl sites for hydroxylation is 4. The second kappa shape index (κ2) is 7.20. The van der Waals surface area contributed by atoms with E-state index in [9.17, 15) is 4.79 Å². The topological polar surface area (TPSA) is 66.8 Å². The summed E-state index contributed by atoms with van der Waals surface area (Å²) < 4.78 is 2.00. The van der Waals surface area contributed by atoms with Gasteiger partial charge in [-0.15, -0.1) is 0 Å². The van der Waals surface area contributed by atoms with Gasteiger partial charge in [0.15, 0.2) is 0 Å². The molecular weight excluding hydrogens is 302 g/mol. The summed E-state index contributed by atoms with van der Waals surface area (Å²) in [6.07, 6.45) is 5.48. The van der Waals surface area contributed by atoms with Crippen LogP contribution in [-0.2, 0) is 11.3 Å². The first-order valence-corrected chi connectivity index (χ1v) is 8.83. The van der Waals surface area contributed by atoms with Crippen molar-refractivity contribution in [2.24, 2.45) is 0 Å². The number of nitrogens with zero attached hydrogens (tertiary/aromatic N) is 4. The second-order valence-corrected chi connectivity index (χ2v) is 6.90. The SMILES string of the molecule is Cc1cc(C)n(CCCC(=O)N2CCCC(c3[nH]ncc3C)C2)n1. The van der Waals surface area contributed by atoms with Gasteiger partial charge in [0.2, 0.25) is 5.91 Å². The minimum atomic E-state index is 0.262. The average molecular weight is 329 g/mol. The third-order valence-electron chi connectivity index (χ3n) is 4.91. The van der Waals surface area contributed by atoms with Gasteiger partial charge in [0.05, 0.1) is 11.9 Å². The van der Waals surface area contributed by atoms with E-state index in [1.54, 1.807) is 0 Å². The molecule has 24 heavy (non-hydrogen) atoms. The Labute approximate surface area is 143 Å². The second-order valence-electron chi connectivity index (χ2n) is 6.90. The fourth-order valence-corrected chi connectivity index (χ4v) is 3.65. The number of carbonyl (C=O) groups is 1. The highest BCUT2D eigenvalue weighted by Gasteiger charge is 2.26. The Morgan fingerprint density at radius 1 is 1.38 bits per heavy atom. The molecule has 2 aromatic heterocycles. The van der Waals surface area contributed by atoms with Crippen LogP contribution in [0.15, 0.2) is 12.3 Å². The number of amides is 1. The lowest BCUT2D eigenvalue weighted by Gasteiger charge is -2.32. The number of hydrogen-bond acceptors (Lipinski definition) is 3. The molecule has 0 aliphatic carbocycles. The van der Waals surface area contributed by atoms with Crippen LogP contribution in [0, 0.1) is 20.8 Å². The number of rotatable bonds is 5. The molecule has 0 spiro atoms. The largest absolute Gasteiger partial charge is 0.342 e. The van der Waals surface area contributed by atoms with Crippen molar-refractivity contribution in [2.45, 2.75) is 58.9 Å². The van der Waals surface area contributed by atoms with E-state index in [1.807, 2.05) is 22.7 Å². The molecule has 1 unspecified atom stereocenters. The van der Waals surface area contributed by atoms with Crippen LogP contribution in [0.2, 0.25) is 0 Å². The molecule has 1 aliphatic heterocycles. The molecule has 0 aromatic carbocycles. The van der Waals surface area contributed by atoms with Crippen LogP contribution < -0.4 is 0 Å². The highest BCUT2D eigenvalue weighted by Crippen LogP contribution is 2.27. The molecule has 1 aliphatic rings. The van der Waals surface area contributed by atoms with E-state index in [4.69, 9.17) is 0 Å². The van der Waals surface area contributed by atoms with E-state index in [1.165, 1.54) is 11.3 Å². The van der Waals surface area contributed by atoms with Gasteiger partial charge in [-0.2, -0.15) is 10.2 Å². The zero-order valence-electron chi connectivity index (χ0n) is 14.9. The maximum atomic E-state index is 12.5. The summed E-state index contributed by atoms with van der Waals surface area (Å²) in [7, 11) is 0. The molecule has 3 heterocycles. The standard InChI is InChI=1S/C18H27N5O/c1-13-11-19-20-18(13)16-6-4-8-22(12-16)17(24)7-5-9-23-15(3)10-14(2)21-23/h10-11,16H,4-9,12H2,1-3H3,(H,19,20). The Kier molecular flexibility index (Phi) is 5.02. The summed E-state index contributed by atoms with van der Waals surface area (Å²) in [4.78, 5) is 14.6. The lowest BCUT2D eigenvalue weighted by atomic mass is 9.92. The zero-order chi connectivity index (χ0) is 17.1. The van der Waals surface area contributed by atoms with Crippen LogP contribution in [-0.4, -0.2) is 43.9 Å². The minimum Gasteiger partial charge on any atom is -0.342 e. The number of carbonyl (C=O) groups excluding carboxylic acids is 1. The van der Waals surface area contributed by atoms with Gasteiger partial charge in [0.1, 0.15) is 0 Å². The monoisotopic (exact) mass is 329 g/mol. The zero-order valence-corrected chi connectivity index (χ0v) is 14.9. The highest BCUT2D eigenvalue weighted by atomic mass is 16.2. The number of H-pyrrole nitrogens is 1. The Bertz CT molecular complexity index is 702. The number of likely N-dealkylation sites (tertiary alicyclic amines) is 1. The Hall–Kier alpha value is -2.11. The van der Waals surface area contributed by atoms with Crippen LogP contribution >= 0.6 is 0 Å².